The van der Waals surface area contributed by atoms with E-state index in [0.29, 0.717) is 6.54 Å². The number of alkyl halides is 2. The molecule has 1 saturated heterocycles. The first kappa shape index (κ1) is 9.86. The highest BCUT2D eigenvalue weighted by Gasteiger charge is 2.17. The van der Waals surface area contributed by atoms with Crippen molar-refractivity contribution < 1.29 is 8.78 Å². The molecule has 12 heavy (non-hydrogen) atoms. The molecule has 1 aliphatic rings. The van der Waals surface area contributed by atoms with E-state index in [1.165, 1.54) is 0 Å². The Labute approximate surface area is 71.7 Å². The fourth-order valence-electron chi connectivity index (χ4n) is 1.57. The van der Waals surface area contributed by atoms with Gasteiger partial charge < -0.3 is 10.6 Å². The molecule has 1 fully saturated rings. The van der Waals surface area contributed by atoms with E-state index in [9.17, 15) is 8.78 Å². The summed E-state index contributed by atoms with van der Waals surface area (Å²) < 4.78 is 23.7. The maximum atomic E-state index is 11.8. The van der Waals surface area contributed by atoms with Gasteiger partial charge in [-0.15, -0.1) is 0 Å². The minimum atomic E-state index is -2.18. The van der Waals surface area contributed by atoms with Gasteiger partial charge in [-0.25, -0.2) is 8.78 Å². The first-order chi connectivity index (χ1) is 5.68. The summed E-state index contributed by atoms with van der Waals surface area (Å²) in [4.78, 5) is 2.03. The van der Waals surface area contributed by atoms with Crippen LogP contribution >= 0.6 is 0 Å². The molecular formula is C8H16F2N2. The fraction of sp³-hybridized carbons (Fsp3) is 1.00. The second kappa shape index (κ2) is 4.72. The van der Waals surface area contributed by atoms with E-state index >= 15 is 0 Å². The number of rotatable bonds is 3. The van der Waals surface area contributed by atoms with Gasteiger partial charge >= 0.3 is 0 Å². The van der Waals surface area contributed by atoms with Crippen LogP contribution in [-0.4, -0.2) is 37.0 Å². The van der Waals surface area contributed by atoms with Gasteiger partial charge in [-0.3, -0.25) is 0 Å². The number of likely N-dealkylation sites (tertiary alicyclic amines) is 1. The molecule has 0 aromatic heterocycles. The Kier molecular flexibility index (Phi) is 3.88. The lowest BCUT2D eigenvalue weighted by Crippen LogP contribution is -2.43. The molecule has 0 saturated carbocycles. The van der Waals surface area contributed by atoms with Gasteiger partial charge in [-0.2, -0.15) is 0 Å². The highest BCUT2D eigenvalue weighted by Crippen LogP contribution is 2.10. The Balaban J connectivity index is 2.14. The number of halogens is 2. The number of hydrogen-bond acceptors (Lipinski definition) is 2. The van der Waals surface area contributed by atoms with Crippen LogP contribution in [0, 0.1) is 0 Å². The van der Waals surface area contributed by atoms with Crippen molar-refractivity contribution in [2.24, 2.45) is 5.73 Å². The standard InChI is InChI=1S/C8H16F2N2/c9-8(10)3-5-12-4-1-2-7(11)6-12/h7-8H,1-6,11H2. The van der Waals surface area contributed by atoms with Gasteiger partial charge in [0, 0.05) is 25.6 Å². The van der Waals surface area contributed by atoms with Gasteiger partial charge in [0.25, 0.3) is 0 Å². The largest absolute Gasteiger partial charge is 0.327 e. The number of nitrogens with zero attached hydrogens (tertiary/aromatic N) is 1. The minimum absolute atomic E-state index is 0.0211. The molecule has 0 spiro atoms. The van der Waals surface area contributed by atoms with Crippen molar-refractivity contribution in [3.63, 3.8) is 0 Å². The summed E-state index contributed by atoms with van der Waals surface area (Å²) >= 11 is 0. The van der Waals surface area contributed by atoms with Crippen LogP contribution in [0.15, 0.2) is 0 Å². The normalized spacial score (nSPS) is 26.5. The van der Waals surface area contributed by atoms with Crippen molar-refractivity contribution in [2.75, 3.05) is 19.6 Å². The molecule has 0 bridgehead atoms. The van der Waals surface area contributed by atoms with E-state index in [-0.39, 0.29) is 12.5 Å². The smallest absolute Gasteiger partial charge is 0.239 e. The lowest BCUT2D eigenvalue weighted by molar-refractivity contribution is 0.107. The van der Waals surface area contributed by atoms with Crippen LogP contribution in [0.2, 0.25) is 0 Å². The van der Waals surface area contributed by atoms with E-state index < -0.39 is 6.43 Å². The summed E-state index contributed by atoms with van der Waals surface area (Å²) in [5.74, 6) is 0. The van der Waals surface area contributed by atoms with E-state index in [1.54, 1.807) is 0 Å². The van der Waals surface area contributed by atoms with Gasteiger partial charge in [-0.1, -0.05) is 0 Å². The molecule has 1 aliphatic heterocycles. The van der Waals surface area contributed by atoms with Crippen molar-refractivity contribution in [3.05, 3.63) is 0 Å². The van der Waals surface area contributed by atoms with Gasteiger partial charge in [0.15, 0.2) is 0 Å². The first-order valence-electron chi connectivity index (χ1n) is 4.44. The molecule has 0 radical (unpaired) electrons. The highest BCUT2D eigenvalue weighted by atomic mass is 19.3. The molecule has 0 aromatic rings. The molecule has 0 amide bonds. The molecule has 2 N–H and O–H groups in total. The topological polar surface area (TPSA) is 29.3 Å². The van der Waals surface area contributed by atoms with Gasteiger partial charge in [0.1, 0.15) is 0 Å². The molecule has 72 valence electrons. The third-order valence-electron chi connectivity index (χ3n) is 2.21. The summed E-state index contributed by atoms with van der Waals surface area (Å²) in [6.07, 6.45) is -0.120. The predicted molar refractivity (Wildman–Crippen MR) is 44.3 cm³/mol. The van der Waals surface area contributed by atoms with Crippen LogP contribution in [0.1, 0.15) is 19.3 Å². The minimum Gasteiger partial charge on any atom is -0.327 e. The zero-order valence-corrected chi connectivity index (χ0v) is 7.18. The van der Waals surface area contributed by atoms with Crippen LogP contribution in [-0.2, 0) is 0 Å². The molecule has 0 aliphatic carbocycles. The summed E-state index contributed by atoms with van der Waals surface area (Å²) in [6.45, 7) is 2.21. The lowest BCUT2D eigenvalue weighted by atomic mass is 10.1. The maximum Gasteiger partial charge on any atom is 0.239 e. The van der Waals surface area contributed by atoms with Crippen LogP contribution in [0.25, 0.3) is 0 Å². The Morgan fingerprint density at radius 3 is 2.83 bits per heavy atom. The zero-order chi connectivity index (χ0) is 8.97. The van der Waals surface area contributed by atoms with Crippen molar-refractivity contribution in [2.45, 2.75) is 31.7 Å². The van der Waals surface area contributed by atoms with Gasteiger partial charge in [-0.05, 0) is 19.4 Å². The van der Waals surface area contributed by atoms with Crippen molar-refractivity contribution in [1.82, 2.24) is 4.90 Å². The average molecular weight is 178 g/mol. The summed E-state index contributed by atoms with van der Waals surface area (Å²) in [5.41, 5.74) is 5.70. The molecule has 1 atom stereocenters. The van der Waals surface area contributed by atoms with Crippen molar-refractivity contribution in [1.29, 1.82) is 0 Å². The van der Waals surface area contributed by atoms with Crippen LogP contribution in [0.3, 0.4) is 0 Å². The van der Waals surface area contributed by atoms with Gasteiger partial charge in [0.05, 0.1) is 0 Å². The summed E-state index contributed by atoms with van der Waals surface area (Å²) in [6, 6.07) is 0.191. The molecule has 4 heteroatoms. The van der Waals surface area contributed by atoms with E-state index in [1.807, 2.05) is 4.90 Å². The van der Waals surface area contributed by atoms with Crippen LogP contribution in [0.5, 0.6) is 0 Å². The second-order valence-electron chi connectivity index (χ2n) is 3.38. The Morgan fingerprint density at radius 1 is 1.50 bits per heavy atom. The number of nitrogens with two attached hydrogens (primary N) is 1. The van der Waals surface area contributed by atoms with E-state index in [4.69, 9.17) is 5.73 Å². The molecule has 1 heterocycles. The monoisotopic (exact) mass is 178 g/mol. The predicted octanol–water partition coefficient (Wildman–Crippen LogP) is 1.06. The zero-order valence-electron chi connectivity index (χ0n) is 7.18. The maximum absolute atomic E-state index is 11.8. The molecule has 1 unspecified atom stereocenters. The van der Waals surface area contributed by atoms with Gasteiger partial charge in [0.2, 0.25) is 6.43 Å². The third kappa shape index (κ3) is 3.45. The number of piperidine rings is 1. The molecule has 1 rings (SSSR count). The molecular weight excluding hydrogens is 162 g/mol. The average Bonchev–Trinajstić information content (AvgIpc) is 2.01. The van der Waals surface area contributed by atoms with Crippen molar-refractivity contribution in [3.8, 4) is 0 Å². The second-order valence-corrected chi connectivity index (χ2v) is 3.38. The third-order valence-corrected chi connectivity index (χ3v) is 2.21. The first-order valence-corrected chi connectivity index (χ1v) is 4.44. The van der Waals surface area contributed by atoms with Crippen LogP contribution < -0.4 is 5.73 Å². The molecule has 2 nitrogen and oxygen atoms in total. The summed E-state index contributed by atoms with van der Waals surface area (Å²) in [5, 5.41) is 0. The fourth-order valence-corrected chi connectivity index (χ4v) is 1.57. The van der Waals surface area contributed by atoms with Crippen molar-refractivity contribution >= 4 is 0 Å². The Morgan fingerprint density at radius 2 is 2.25 bits per heavy atom. The van der Waals surface area contributed by atoms with E-state index in [0.717, 1.165) is 25.9 Å². The number of hydrogen-bond donors (Lipinski definition) is 1. The lowest BCUT2D eigenvalue weighted by Gasteiger charge is -2.30. The highest BCUT2D eigenvalue weighted by molar-refractivity contribution is 4.74. The van der Waals surface area contributed by atoms with E-state index in [2.05, 4.69) is 0 Å². The SMILES string of the molecule is NC1CCCN(CCC(F)F)C1. The molecule has 0 aromatic carbocycles. The summed E-state index contributed by atoms with van der Waals surface area (Å²) in [7, 11) is 0. The quantitative estimate of drug-likeness (QED) is 0.700. The Bertz CT molecular complexity index is 130. The van der Waals surface area contributed by atoms with Crippen LogP contribution in [0.4, 0.5) is 8.78 Å². The Hall–Kier alpha value is -0.220.